The zero-order valence-electron chi connectivity index (χ0n) is 15.3. The van der Waals surface area contributed by atoms with E-state index in [1.807, 2.05) is 32.9 Å². The van der Waals surface area contributed by atoms with Crippen LogP contribution in [0, 0.1) is 20.8 Å². The van der Waals surface area contributed by atoms with Crippen molar-refractivity contribution < 1.29 is 13.2 Å². The number of aryl methyl sites for hydroxylation is 3. The molecule has 140 valence electrons. The first-order chi connectivity index (χ1) is 12.0. The Morgan fingerprint density at radius 2 is 1.62 bits per heavy atom. The van der Waals surface area contributed by atoms with Gasteiger partial charge in [-0.1, -0.05) is 41.4 Å². The van der Waals surface area contributed by atoms with Crippen LogP contribution in [0.5, 0.6) is 0 Å². The summed E-state index contributed by atoms with van der Waals surface area (Å²) in [6, 6.07) is 10.1. The Hall–Kier alpha value is -1.89. The van der Waals surface area contributed by atoms with Crippen molar-refractivity contribution in [1.29, 1.82) is 0 Å². The van der Waals surface area contributed by atoms with Gasteiger partial charge >= 0.3 is 0 Å². The summed E-state index contributed by atoms with van der Waals surface area (Å²) < 4.78 is 25.9. The van der Waals surface area contributed by atoms with Gasteiger partial charge in [0.1, 0.15) is 0 Å². The quantitative estimate of drug-likeness (QED) is 0.780. The zero-order chi connectivity index (χ0) is 19.5. The first kappa shape index (κ1) is 20.4. The number of amides is 1. The molecule has 0 fully saturated rings. The number of halogens is 1. The van der Waals surface area contributed by atoms with E-state index in [0.717, 1.165) is 28.6 Å². The van der Waals surface area contributed by atoms with Crippen LogP contribution in [-0.4, -0.2) is 20.6 Å². The average molecular weight is 395 g/mol. The molecule has 1 amide bonds. The molecular weight excluding hydrogens is 372 g/mol. The molecule has 0 aromatic heterocycles. The monoisotopic (exact) mass is 394 g/mol. The van der Waals surface area contributed by atoms with Crippen LogP contribution in [0.15, 0.2) is 36.4 Å². The Bertz CT molecular complexity index is 886. The summed E-state index contributed by atoms with van der Waals surface area (Å²) in [6.45, 7) is 5.86. The van der Waals surface area contributed by atoms with Gasteiger partial charge in [0.05, 0.1) is 12.3 Å². The maximum Gasteiger partial charge on any atom is 0.226 e. The molecule has 7 heteroatoms. The van der Waals surface area contributed by atoms with Gasteiger partial charge in [0.2, 0.25) is 15.9 Å². The summed E-state index contributed by atoms with van der Waals surface area (Å²) in [6.07, 6.45) is 1.05. The van der Waals surface area contributed by atoms with Crippen LogP contribution in [0.3, 0.4) is 0 Å². The molecule has 0 spiro atoms. The Balaban J connectivity index is 2.22. The van der Waals surface area contributed by atoms with E-state index < -0.39 is 16.1 Å². The van der Waals surface area contributed by atoms with Gasteiger partial charge < -0.3 is 5.32 Å². The van der Waals surface area contributed by atoms with E-state index in [2.05, 4.69) is 10.0 Å². The second-order valence-corrected chi connectivity index (χ2v) is 8.74. The highest BCUT2D eigenvalue weighted by molar-refractivity contribution is 7.88. The molecule has 2 N–H and O–H groups in total. The fourth-order valence-corrected chi connectivity index (χ4v) is 3.80. The van der Waals surface area contributed by atoms with Gasteiger partial charge in [0.15, 0.2) is 0 Å². The summed E-state index contributed by atoms with van der Waals surface area (Å²) in [4.78, 5) is 12.6. The molecule has 1 atom stereocenters. The standard InChI is InChI=1S/C19H23ClN2O3S/c1-12-9-13(2)19(14(3)10-12)21-18(23)11-17(22-26(4,24)25)15-5-7-16(20)8-6-15/h5-10,17,22H,11H2,1-4H3,(H,21,23)/t17-/m1/s1. The number of carbonyl (C=O) groups is 1. The summed E-state index contributed by atoms with van der Waals surface area (Å²) in [5, 5.41) is 3.45. The molecule has 2 rings (SSSR count). The predicted molar refractivity (Wildman–Crippen MR) is 106 cm³/mol. The Morgan fingerprint density at radius 3 is 2.12 bits per heavy atom. The largest absolute Gasteiger partial charge is 0.326 e. The minimum absolute atomic E-state index is 0.0263. The maximum absolute atomic E-state index is 12.6. The van der Waals surface area contributed by atoms with Gasteiger partial charge in [-0.15, -0.1) is 0 Å². The van der Waals surface area contributed by atoms with Crippen LogP contribution in [-0.2, 0) is 14.8 Å². The van der Waals surface area contributed by atoms with Crippen molar-refractivity contribution in [3.63, 3.8) is 0 Å². The van der Waals surface area contributed by atoms with Crippen molar-refractivity contribution in [2.45, 2.75) is 33.2 Å². The van der Waals surface area contributed by atoms with Gasteiger partial charge in [0.25, 0.3) is 0 Å². The molecule has 0 saturated carbocycles. The number of rotatable bonds is 6. The van der Waals surface area contributed by atoms with E-state index in [-0.39, 0.29) is 12.3 Å². The smallest absolute Gasteiger partial charge is 0.226 e. The normalized spacial score (nSPS) is 12.7. The zero-order valence-corrected chi connectivity index (χ0v) is 16.8. The third-order valence-corrected chi connectivity index (χ3v) is 4.92. The van der Waals surface area contributed by atoms with E-state index in [0.29, 0.717) is 10.6 Å². The lowest BCUT2D eigenvalue weighted by Crippen LogP contribution is -2.31. The minimum atomic E-state index is -3.49. The minimum Gasteiger partial charge on any atom is -0.326 e. The Kier molecular flexibility index (Phi) is 6.44. The van der Waals surface area contributed by atoms with Crippen LogP contribution < -0.4 is 10.0 Å². The predicted octanol–water partition coefficient (Wildman–Crippen LogP) is 3.88. The summed E-state index contributed by atoms with van der Waals surface area (Å²) in [5.41, 5.74) is 4.49. The van der Waals surface area contributed by atoms with Gasteiger partial charge in [-0.25, -0.2) is 13.1 Å². The molecule has 0 radical (unpaired) electrons. The fraction of sp³-hybridized carbons (Fsp3) is 0.316. The van der Waals surface area contributed by atoms with Crippen molar-refractivity contribution >= 4 is 33.2 Å². The summed E-state index contributed by atoms with van der Waals surface area (Å²) >= 11 is 5.89. The van der Waals surface area contributed by atoms with E-state index in [4.69, 9.17) is 11.6 Å². The third-order valence-electron chi connectivity index (χ3n) is 3.96. The number of sulfonamides is 1. The summed E-state index contributed by atoms with van der Waals surface area (Å²) in [5.74, 6) is -0.267. The number of hydrogen-bond acceptors (Lipinski definition) is 3. The van der Waals surface area contributed by atoms with Crippen LogP contribution in [0.2, 0.25) is 5.02 Å². The van der Waals surface area contributed by atoms with Crippen molar-refractivity contribution in [1.82, 2.24) is 4.72 Å². The topological polar surface area (TPSA) is 75.3 Å². The van der Waals surface area contributed by atoms with Crippen LogP contribution in [0.4, 0.5) is 5.69 Å². The molecule has 0 saturated heterocycles. The lowest BCUT2D eigenvalue weighted by Gasteiger charge is -2.19. The van der Waals surface area contributed by atoms with Gasteiger partial charge in [-0.3, -0.25) is 4.79 Å². The highest BCUT2D eigenvalue weighted by Gasteiger charge is 2.20. The Labute approximate surface area is 159 Å². The molecular formula is C19H23ClN2O3S. The first-order valence-electron chi connectivity index (χ1n) is 8.15. The molecule has 2 aromatic rings. The summed E-state index contributed by atoms with van der Waals surface area (Å²) in [7, 11) is -3.49. The molecule has 2 aromatic carbocycles. The molecule has 0 unspecified atom stereocenters. The first-order valence-corrected chi connectivity index (χ1v) is 10.4. The number of anilines is 1. The number of hydrogen-bond donors (Lipinski definition) is 2. The molecule has 0 aliphatic rings. The fourth-order valence-electron chi connectivity index (χ4n) is 2.93. The Morgan fingerprint density at radius 1 is 1.08 bits per heavy atom. The van der Waals surface area contributed by atoms with Crippen molar-refractivity contribution in [3.05, 3.63) is 63.7 Å². The van der Waals surface area contributed by atoms with E-state index in [1.54, 1.807) is 24.3 Å². The van der Waals surface area contributed by atoms with Crippen molar-refractivity contribution in [2.24, 2.45) is 0 Å². The van der Waals surface area contributed by atoms with E-state index >= 15 is 0 Å². The van der Waals surface area contributed by atoms with Crippen LogP contribution in [0.1, 0.15) is 34.7 Å². The van der Waals surface area contributed by atoms with Gasteiger partial charge in [-0.05, 0) is 49.6 Å². The average Bonchev–Trinajstić information content (AvgIpc) is 2.49. The molecule has 5 nitrogen and oxygen atoms in total. The molecule has 0 heterocycles. The number of carbonyl (C=O) groups excluding carboxylic acids is 1. The number of nitrogens with one attached hydrogen (secondary N) is 2. The molecule has 26 heavy (non-hydrogen) atoms. The lowest BCUT2D eigenvalue weighted by molar-refractivity contribution is -0.116. The highest BCUT2D eigenvalue weighted by Crippen LogP contribution is 2.24. The maximum atomic E-state index is 12.6. The van der Waals surface area contributed by atoms with E-state index in [9.17, 15) is 13.2 Å². The second-order valence-electron chi connectivity index (χ2n) is 6.52. The molecule has 0 aliphatic carbocycles. The highest BCUT2D eigenvalue weighted by atomic mass is 35.5. The lowest BCUT2D eigenvalue weighted by atomic mass is 10.0. The molecule has 0 bridgehead atoms. The SMILES string of the molecule is Cc1cc(C)c(NC(=O)C[C@@H](NS(C)(=O)=O)c2ccc(Cl)cc2)c(C)c1. The molecule has 0 aliphatic heterocycles. The van der Waals surface area contributed by atoms with Crippen LogP contribution in [0.25, 0.3) is 0 Å². The van der Waals surface area contributed by atoms with E-state index in [1.165, 1.54) is 0 Å². The second kappa shape index (κ2) is 8.20. The number of benzene rings is 2. The van der Waals surface area contributed by atoms with Crippen molar-refractivity contribution in [3.8, 4) is 0 Å². The van der Waals surface area contributed by atoms with Crippen LogP contribution >= 0.6 is 11.6 Å². The van der Waals surface area contributed by atoms with Gasteiger partial charge in [0, 0.05) is 17.1 Å². The van der Waals surface area contributed by atoms with Crippen molar-refractivity contribution in [2.75, 3.05) is 11.6 Å². The van der Waals surface area contributed by atoms with Gasteiger partial charge in [-0.2, -0.15) is 0 Å². The third kappa shape index (κ3) is 5.83.